The van der Waals surface area contributed by atoms with Gasteiger partial charge in [0.1, 0.15) is 6.04 Å². The number of likely N-dealkylation sites (N-methyl/N-ethyl adjacent to an activating group) is 1. The lowest BCUT2D eigenvalue weighted by Gasteiger charge is -2.42. The predicted molar refractivity (Wildman–Crippen MR) is 135 cm³/mol. The number of nitrogens with one attached hydrogen (secondary N) is 3. The molecule has 2 aliphatic heterocycles. The van der Waals surface area contributed by atoms with Gasteiger partial charge in [-0.15, -0.1) is 0 Å². The van der Waals surface area contributed by atoms with Gasteiger partial charge in [-0.3, -0.25) is 19.6 Å². The molecule has 214 valence electrons. The van der Waals surface area contributed by atoms with Crippen LogP contribution in [-0.4, -0.2) is 74.0 Å². The second-order valence-corrected chi connectivity index (χ2v) is 11.5. The van der Waals surface area contributed by atoms with Crippen molar-refractivity contribution in [3.8, 4) is 0 Å². The Morgan fingerprint density at radius 3 is 2.03 bits per heavy atom. The van der Waals surface area contributed by atoms with Gasteiger partial charge in [0.05, 0.1) is 12.5 Å². The summed E-state index contributed by atoms with van der Waals surface area (Å²) in [5, 5.41) is 15.3. The SMILES string of the molecule is CNC(=O)[C@@H](NC(=O)[C@H](CC(C)C)[C@@](COC1CCCCO1)(OC1CCCCO1)C(=O)NO)C(C)(C)C. The van der Waals surface area contributed by atoms with Crippen molar-refractivity contribution in [2.24, 2.45) is 17.3 Å². The van der Waals surface area contributed by atoms with Gasteiger partial charge in [-0.05, 0) is 56.3 Å². The number of hydroxylamine groups is 1. The van der Waals surface area contributed by atoms with Crippen molar-refractivity contribution >= 4 is 17.7 Å². The van der Waals surface area contributed by atoms with E-state index >= 15 is 0 Å². The second kappa shape index (κ2) is 14.4. The van der Waals surface area contributed by atoms with Crippen molar-refractivity contribution in [3.05, 3.63) is 0 Å². The van der Waals surface area contributed by atoms with Crippen molar-refractivity contribution < 1.29 is 38.5 Å². The maximum Gasteiger partial charge on any atom is 0.278 e. The number of carbonyl (C=O) groups excluding carboxylic acids is 3. The van der Waals surface area contributed by atoms with Crippen LogP contribution in [0.5, 0.6) is 0 Å². The summed E-state index contributed by atoms with van der Waals surface area (Å²) in [6.07, 6.45) is 3.59. The van der Waals surface area contributed by atoms with E-state index in [9.17, 15) is 19.6 Å². The van der Waals surface area contributed by atoms with Crippen LogP contribution >= 0.6 is 0 Å². The Balaban J connectivity index is 2.50. The Bertz CT molecular complexity index is 745. The molecule has 2 saturated heterocycles. The van der Waals surface area contributed by atoms with Crippen LogP contribution in [0.4, 0.5) is 0 Å². The van der Waals surface area contributed by atoms with Crippen LogP contribution in [0, 0.1) is 17.3 Å². The molecule has 2 fully saturated rings. The highest BCUT2D eigenvalue weighted by molar-refractivity contribution is 5.95. The van der Waals surface area contributed by atoms with Crippen LogP contribution in [0.3, 0.4) is 0 Å². The highest BCUT2D eigenvalue weighted by Gasteiger charge is 2.54. The van der Waals surface area contributed by atoms with Crippen molar-refractivity contribution in [1.82, 2.24) is 16.1 Å². The number of hydrogen-bond acceptors (Lipinski definition) is 8. The van der Waals surface area contributed by atoms with Crippen molar-refractivity contribution in [2.45, 2.75) is 104 Å². The molecule has 0 aliphatic carbocycles. The largest absolute Gasteiger partial charge is 0.357 e. The number of amides is 3. The topological polar surface area (TPSA) is 144 Å². The second-order valence-electron chi connectivity index (χ2n) is 11.5. The molecule has 2 rings (SSSR count). The molecule has 0 spiro atoms. The fourth-order valence-electron chi connectivity index (χ4n) is 4.73. The Labute approximate surface area is 220 Å². The van der Waals surface area contributed by atoms with Gasteiger partial charge in [-0.25, -0.2) is 5.48 Å². The third-order valence-electron chi connectivity index (χ3n) is 6.83. The molecule has 2 unspecified atom stereocenters. The number of hydrogen-bond donors (Lipinski definition) is 4. The number of ether oxygens (including phenoxy) is 4. The van der Waals surface area contributed by atoms with Gasteiger partial charge in [0.15, 0.2) is 18.2 Å². The summed E-state index contributed by atoms with van der Waals surface area (Å²) in [4.78, 5) is 40.1. The third kappa shape index (κ3) is 8.88. The zero-order valence-corrected chi connectivity index (χ0v) is 23.3. The first kappa shape index (κ1) is 31.4. The maximum atomic E-state index is 14.0. The molecule has 0 bridgehead atoms. The molecule has 5 atom stereocenters. The molecule has 2 aliphatic rings. The van der Waals surface area contributed by atoms with Crippen LogP contribution in [0.25, 0.3) is 0 Å². The normalized spacial score (nSPS) is 24.0. The van der Waals surface area contributed by atoms with Crippen LogP contribution in [0.2, 0.25) is 0 Å². The molecular formula is C26H47N3O8. The van der Waals surface area contributed by atoms with Crippen LogP contribution in [-0.2, 0) is 33.3 Å². The Morgan fingerprint density at radius 2 is 1.57 bits per heavy atom. The minimum atomic E-state index is -1.93. The zero-order chi connectivity index (χ0) is 27.6. The zero-order valence-electron chi connectivity index (χ0n) is 23.3. The lowest BCUT2D eigenvalue weighted by Crippen LogP contribution is -2.64. The number of carbonyl (C=O) groups is 3. The molecule has 0 aromatic carbocycles. The van der Waals surface area contributed by atoms with E-state index in [4.69, 9.17) is 18.9 Å². The van der Waals surface area contributed by atoms with Crippen molar-refractivity contribution in [1.29, 1.82) is 0 Å². The minimum Gasteiger partial charge on any atom is -0.357 e. The van der Waals surface area contributed by atoms with E-state index in [1.807, 2.05) is 34.6 Å². The van der Waals surface area contributed by atoms with Crippen LogP contribution in [0.15, 0.2) is 0 Å². The Morgan fingerprint density at radius 1 is 0.973 bits per heavy atom. The maximum absolute atomic E-state index is 14.0. The highest BCUT2D eigenvalue weighted by Crippen LogP contribution is 2.35. The van der Waals surface area contributed by atoms with E-state index in [0.29, 0.717) is 26.1 Å². The van der Waals surface area contributed by atoms with Crippen molar-refractivity contribution in [2.75, 3.05) is 26.9 Å². The minimum absolute atomic E-state index is 0.0310. The molecule has 0 aromatic heterocycles. The van der Waals surface area contributed by atoms with Gasteiger partial charge >= 0.3 is 0 Å². The van der Waals surface area contributed by atoms with Gasteiger partial charge in [0.2, 0.25) is 11.8 Å². The van der Waals surface area contributed by atoms with E-state index in [0.717, 1.165) is 25.7 Å². The van der Waals surface area contributed by atoms with Gasteiger partial charge in [0.25, 0.3) is 5.91 Å². The summed E-state index contributed by atoms with van der Waals surface area (Å²) in [6, 6.07) is -0.872. The number of rotatable bonds is 12. The first-order valence-corrected chi connectivity index (χ1v) is 13.4. The molecule has 0 radical (unpaired) electrons. The molecule has 3 amide bonds. The first-order valence-electron chi connectivity index (χ1n) is 13.4. The Hall–Kier alpha value is -1.79. The van der Waals surface area contributed by atoms with Crippen LogP contribution < -0.4 is 16.1 Å². The molecule has 11 heteroatoms. The van der Waals surface area contributed by atoms with Gasteiger partial charge in [-0.2, -0.15) is 0 Å². The average molecular weight is 530 g/mol. The van der Waals surface area contributed by atoms with E-state index in [2.05, 4.69) is 10.6 Å². The Kier molecular flexibility index (Phi) is 12.2. The third-order valence-corrected chi connectivity index (χ3v) is 6.83. The summed E-state index contributed by atoms with van der Waals surface area (Å²) in [7, 11) is 1.50. The van der Waals surface area contributed by atoms with E-state index < -0.39 is 47.4 Å². The summed E-state index contributed by atoms with van der Waals surface area (Å²) < 4.78 is 23.8. The van der Waals surface area contributed by atoms with Gasteiger partial charge in [0, 0.05) is 20.3 Å². The fraction of sp³-hybridized carbons (Fsp3) is 0.885. The lowest BCUT2D eigenvalue weighted by molar-refractivity contribution is -0.267. The molecule has 37 heavy (non-hydrogen) atoms. The summed E-state index contributed by atoms with van der Waals surface area (Å²) in [5.74, 6) is -2.96. The van der Waals surface area contributed by atoms with Gasteiger partial charge < -0.3 is 29.6 Å². The van der Waals surface area contributed by atoms with Crippen molar-refractivity contribution in [3.63, 3.8) is 0 Å². The average Bonchev–Trinajstić information content (AvgIpc) is 2.87. The summed E-state index contributed by atoms with van der Waals surface area (Å²) >= 11 is 0. The van der Waals surface area contributed by atoms with Gasteiger partial charge in [-0.1, -0.05) is 34.6 Å². The van der Waals surface area contributed by atoms with Crippen LogP contribution in [0.1, 0.15) is 79.6 Å². The summed E-state index contributed by atoms with van der Waals surface area (Å²) in [5.41, 5.74) is -0.835. The smallest absolute Gasteiger partial charge is 0.278 e. The van der Waals surface area contributed by atoms with E-state index in [-0.39, 0.29) is 24.9 Å². The van der Waals surface area contributed by atoms with E-state index in [1.165, 1.54) is 7.05 Å². The van der Waals surface area contributed by atoms with E-state index in [1.54, 1.807) is 5.48 Å². The summed E-state index contributed by atoms with van der Waals surface area (Å²) in [6.45, 7) is 10.0. The molecule has 4 N–H and O–H groups in total. The fourth-order valence-corrected chi connectivity index (χ4v) is 4.73. The molecule has 11 nitrogen and oxygen atoms in total. The predicted octanol–water partition coefficient (Wildman–Crippen LogP) is 2.26. The highest BCUT2D eigenvalue weighted by atomic mass is 16.7. The molecule has 0 aromatic rings. The quantitative estimate of drug-likeness (QED) is 0.223. The molecule has 2 heterocycles. The molecule has 0 saturated carbocycles. The molecular weight excluding hydrogens is 482 g/mol. The first-order chi connectivity index (χ1) is 17.4. The standard InChI is InChI=1S/C26H47N3O8/c1-17(2)15-18(22(30)28-21(23(31)27-6)25(3,4)5)26(24(32)29-33,37-20-12-8-10-14-35-20)16-36-19-11-7-9-13-34-19/h17-21,33H,7-16H2,1-6H3,(H,27,31)(H,28,30)(H,29,32)/t18-,19?,20?,21+,26+/m0/s1. The lowest BCUT2D eigenvalue weighted by atomic mass is 9.79. The monoisotopic (exact) mass is 529 g/mol.